The highest BCUT2D eigenvalue weighted by Gasteiger charge is 2.30. The Morgan fingerprint density at radius 3 is 2.74 bits per heavy atom. The molecule has 2 N–H and O–H groups in total. The number of carbonyl (C=O) groups excluding carboxylic acids is 2. The second-order valence-electron chi connectivity index (χ2n) is 6.26. The van der Waals surface area contributed by atoms with Crippen molar-refractivity contribution in [1.82, 2.24) is 20.6 Å². The summed E-state index contributed by atoms with van der Waals surface area (Å²) in [6.07, 6.45) is 0. The molecule has 1 aliphatic rings. The lowest BCUT2D eigenvalue weighted by atomic mass is 10.1. The van der Waals surface area contributed by atoms with Crippen LogP contribution in [0.4, 0.5) is 4.79 Å². The number of urea groups is 1. The monoisotopic (exact) mass is 406 g/mol. The lowest BCUT2D eigenvalue weighted by Crippen LogP contribution is -2.49. The van der Waals surface area contributed by atoms with Crippen molar-refractivity contribution >= 4 is 45.3 Å². The first kappa shape index (κ1) is 19.6. The van der Waals surface area contributed by atoms with E-state index >= 15 is 0 Å². The Morgan fingerprint density at radius 2 is 2.04 bits per heavy atom. The van der Waals surface area contributed by atoms with Gasteiger partial charge in [-0.15, -0.1) is 11.3 Å². The maximum Gasteiger partial charge on any atom is 0.337 e. The van der Waals surface area contributed by atoms with Crippen molar-refractivity contribution in [2.45, 2.75) is 45.7 Å². The largest absolute Gasteiger partial charge is 0.463 e. The molecule has 144 valence electrons. The molecule has 0 saturated heterocycles. The number of nitrogens with one attached hydrogen (secondary N) is 2. The number of nitrogens with zero attached hydrogens (tertiary/aromatic N) is 2. The first-order valence-electron chi connectivity index (χ1n) is 8.66. The molecule has 2 aromatic heterocycles. The van der Waals surface area contributed by atoms with E-state index in [-0.39, 0.29) is 12.6 Å². The van der Waals surface area contributed by atoms with Crippen molar-refractivity contribution < 1.29 is 14.3 Å². The summed E-state index contributed by atoms with van der Waals surface area (Å²) < 4.78 is 5.16. The van der Waals surface area contributed by atoms with Gasteiger partial charge in [0.25, 0.3) is 0 Å². The molecule has 0 aromatic carbocycles. The first-order chi connectivity index (χ1) is 12.8. The minimum Gasteiger partial charge on any atom is -0.463 e. The van der Waals surface area contributed by atoms with Gasteiger partial charge in [0.1, 0.15) is 15.7 Å². The molecule has 1 aliphatic heterocycles. The van der Waals surface area contributed by atoms with E-state index in [1.165, 1.54) is 22.2 Å². The fourth-order valence-corrected chi connectivity index (χ4v) is 5.19. The van der Waals surface area contributed by atoms with Crippen LogP contribution >= 0.6 is 23.1 Å². The minimum absolute atomic E-state index is 0.280. The van der Waals surface area contributed by atoms with Crippen molar-refractivity contribution in [2.75, 3.05) is 12.4 Å². The quantitative estimate of drug-likeness (QED) is 0.450. The zero-order chi connectivity index (χ0) is 19.7. The van der Waals surface area contributed by atoms with E-state index in [0.717, 1.165) is 15.2 Å². The summed E-state index contributed by atoms with van der Waals surface area (Å²) in [7, 11) is 0. The molecule has 0 unspecified atom stereocenters. The number of ether oxygens (including phenoxy) is 1. The average molecular weight is 407 g/mol. The maximum absolute atomic E-state index is 12.4. The molecule has 2 amide bonds. The second-order valence-corrected chi connectivity index (χ2v) is 8.43. The maximum atomic E-state index is 12.4. The van der Waals surface area contributed by atoms with Crippen LogP contribution in [0.2, 0.25) is 0 Å². The van der Waals surface area contributed by atoms with E-state index in [0.29, 0.717) is 22.8 Å². The highest BCUT2D eigenvalue weighted by Crippen LogP contribution is 2.36. The third-order valence-electron chi connectivity index (χ3n) is 4.33. The van der Waals surface area contributed by atoms with Gasteiger partial charge in [-0.2, -0.15) is 0 Å². The number of thioether (sulfide) groups is 1. The van der Waals surface area contributed by atoms with Crippen molar-refractivity contribution in [1.29, 1.82) is 0 Å². The summed E-state index contributed by atoms with van der Waals surface area (Å²) in [5.41, 5.74) is 2.17. The van der Waals surface area contributed by atoms with Crippen LogP contribution in [0, 0.1) is 20.8 Å². The number of fused-ring (bicyclic) bond motifs is 1. The number of rotatable bonds is 5. The highest BCUT2D eigenvalue weighted by molar-refractivity contribution is 7.99. The number of amides is 2. The van der Waals surface area contributed by atoms with E-state index in [1.807, 2.05) is 6.92 Å². The third kappa shape index (κ3) is 3.93. The van der Waals surface area contributed by atoms with E-state index in [9.17, 15) is 9.59 Å². The van der Waals surface area contributed by atoms with Gasteiger partial charge in [-0.3, -0.25) is 0 Å². The van der Waals surface area contributed by atoms with Gasteiger partial charge in [0.2, 0.25) is 0 Å². The third-order valence-corrected chi connectivity index (χ3v) is 6.43. The molecule has 9 heteroatoms. The molecule has 0 aliphatic carbocycles. The topological polar surface area (TPSA) is 93.2 Å². The van der Waals surface area contributed by atoms with Crippen molar-refractivity contribution in [2.24, 2.45) is 0 Å². The summed E-state index contributed by atoms with van der Waals surface area (Å²) in [5, 5.41) is 7.36. The molecule has 27 heavy (non-hydrogen) atoms. The molecule has 1 atom stereocenters. The van der Waals surface area contributed by atoms with Gasteiger partial charge < -0.3 is 15.4 Å². The smallest absolute Gasteiger partial charge is 0.337 e. The molecule has 0 spiro atoms. The summed E-state index contributed by atoms with van der Waals surface area (Å²) in [6, 6.07) is -0.733. The van der Waals surface area contributed by atoms with Gasteiger partial charge in [-0.05, 0) is 40.2 Å². The van der Waals surface area contributed by atoms with Crippen LogP contribution in [0.5, 0.6) is 0 Å². The zero-order valence-electron chi connectivity index (χ0n) is 15.9. The Morgan fingerprint density at radius 1 is 1.30 bits per heavy atom. The summed E-state index contributed by atoms with van der Waals surface area (Å²) in [4.78, 5) is 35.6. The molecule has 3 rings (SSSR count). The lowest BCUT2D eigenvalue weighted by Gasteiger charge is -2.26. The van der Waals surface area contributed by atoms with Crippen molar-refractivity contribution in [3.8, 4) is 0 Å². The number of hydrogen-bond donors (Lipinski definition) is 2. The Kier molecular flexibility index (Phi) is 5.71. The molecule has 0 bridgehead atoms. The Labute approximate surface area is 166 Å². The molecular formula is C18H22N4O3S2. The number of thiophene rings is 1. The van der Waals surface area contributed by atoms with Gasteiger partial charge in [0, 0.05) is 21.7 Å². The van der Waals surface area contributed by atoms with Crippen LogP contribution in [0.25, 0.3) is 10.2 Å². The van der Waals surface area contributed by atoms with Crippen LogP contribution in [0.3, 0.4) is 0 Å². The lowest BCUT2D eigenvalue weighted by molar-refractivity contribution is -0.138. The number of esters is 1. The number of aryl methyl sites for hydroxylation is 3. The first-order valence-corrected chi connectivity index (χ1v) is 10.5. The summed E-state index contributed by atoms with van der Waals surface area (Å²) >= 11 is 3.14. The molecule has 3 heterocycles. The molecular weight excluding hydrogens is 384 g/mol. The zero-order valence-corrected chi connectivity index (χ0v) is 17.6. The fraction of sp³-hybridized carbons (Fsp3) is 0.444. The van der Waals surface area contributed by atoms with E-state index < -0.39 is 12.0 Å². The van der Waals surface area contributed by atoms with Crippen LogP contribution in [0.15, 0.2) is 16.3 Å². The fourth-order valence-electron chi connectivity index (χ4n) is 2.95. The Bertz CT molecular complexity index is 952. The van der Waals surface area contributed by atoms with Gasteiger partial charge in [-0.1, -0.05) is 11.8 Å². The SMILES string of the molecule is CCOC(=O)C1=C(CSc2nc(C)nc3sc(C)c(C)c23)NC(=O)N[C@H]1C. The Balaban J connectivity index is 1.96. The van der Waals surface area contributed by atoms with Crippen LogP contribution in [-0.2, 0) is 9.53 Å². The molecule has 0 radical (unpaired) electrons. The van der Waals surface area contributed by atoms with Crippen LogP contribution in [-0.4, -0.2) is 40.4 Å². The summed E-state index contributed by atoms with van der Waals surface area (Å²) in [5.74, 6) is 0.694. The van der Waals surface area contributed by atoms with E-state index in [1.54, 1.807) is 25.2 Å². The van der Waals surface area contributed by atoms with E-state index in [4.69, 9.17) is 4.74 Å². The predicted octanol–water partition coefficient (Wildman–Crippen LogP) is 3.23. The van der Waals surface area contributed by atoms with Gasteiger partial charge in [0.05, 0.1) is 18.2 Å². The van der Waals surface area contributed by atoms with Crippen molar-refractivity contribution in [3.05, 3.63) is 27.5 Å². The normalized spacial score (nSPS) is 17.1. The predicted molar refractivity (Wildman–Crippen MR) is 107 cm³/mol. The van der Waals surface area contributed by atoms with Gasteiger partial charge in [-0.25, -0.2) is 19.6 Å². The standard InChI is InChI=1S/C18H22N4O3S2/c1-6-25-17(23)14-9(3)19-18(24)22-12(14)7-26-15-13-8(2)10(4)27-16(13)21-11(5)20-15/h9H,6-7H2,1-5H3,(H2,19,22,24)/t9-/m0/s1. The van der Waals surface area contributed by atoms with Crippen LogP contribution in [0.1, 0.15) is 30.1 Å². The average Bonchev–Trinajstić information content (AvgIpc) is 2.86. The van der Waals surface area contributed by atoms with Crippen LogP contribution < -0.4 is 10.6 Å². The summed E-state index contributed by atoms with van der Waals surface area (Å²) in [6.45, 7) is 9.81. The van der Waals surface area contributed by atoms with Gasteiger partial charge >= 0.3 is 12.0 Å². The number of carbonyl (C=O) groups is 2. The molecule has 2 aromatic rings. The highest BCUT2D eigenvalue weighted by atomic mass is 32.2. The molecule has 0 fully saturated rings. The van der Waals surface area contributed by atoms with Gasteiger partial charge in [0.15, 0.2) is 0 Å². The minimum atomic E-state index is -0.417. The second kappa shape index (κ2) is 7.85. The number of aromatic nitrogens is 2. The molecule has 7 nitrogen and oxygen atoms in total. The van der Waals surface area contributed by atoms with E-state index in [2.05, 4.69) is 34.4 Å². The number of hydrogen-bond acceptors (Lipinski definition) is 7. The van der Waals surface area contributed by atoms with Crippen molar-refractivity contribution in [3.63, 3.8) is 0 Å². The Hall–Kier alpha value is -2.13. The molecule has 0 saturated carbocycles.